The normalized spacial score (nSPS) is 11.7. The molecule has 0 spiro atoms. The fraction of sp³-hybridized carbons (Fsp3) is 0.333. The van der Waals surface area contributed by atoms with Crippen LogP contribution in [0.2, 0.25) is 0 Å². The molecular formula is C3H4ClN3O4. The summed E-state index contributed by atoms with van der Waals surface area (Å²) >= 11 is 4.89. The number of imide groups is 1. The van der Waals surface area contributed by atoms with Gasteiger partial charge in [0.2, 0.25) is 0 Å². The smallest absolute Gasteiger partial charge is 0.351 e. The van der Waals surface area contributed by atoms with Crippen LogP contribution in [0.25, 0.3) is 0 Å². The fourth-order valence-corrected chi connectivity index (χ4v) is 0.331. The summed E-state index contributed by atoms with van der Waals surface area (Å²) in [7, 11) is 0. The Balaban J connectivity index is 4.04. The van der Waals surface area contributed by atoms with E-state index in [0.717, 1.165) is 0 Å². The van der Waals surface area contributed by atoms with E-state index in [0.29, 0.717) is 0 Å². The van der Waals surface area contributed by atoms with Crippen LogP contribution in [-0.4, -0.2) is 22.4 Å². The molecule has 0 heterocycles. The predicted octanol–water partition coefficient (Wildman–Crippen LogP) is -0.977. The Labute approximate surface area is 65.6 Å². The average molecular weight is 182 g/mol. The monoisotopic (exact) mass is 181 g/mol. The highest BCUT2D eigenvalue weighted by Crippen LogP contribution is 1.94. The Bertz CT molecular complexity index is 205. The van der Waals surface area contributed by atoms with E-state index in [-0.39, 0.29) is 0 Å². The topological polar surface area (TPSA) is 115 Å². The van der Waals surface area contributed by atoms with Crippen molar-refractivity contribution < 1.29 is 14.5 Å². The molecule has 0 aromatic heterocycles. The van der Waals surface area contributed by atoms with E-state index in [4.69, 9.17) is 11.6 Å². The maximum atomic E-state index is 10.4. The number of nitrogens with two attached hydrogens (primary N) is 1. The minimum absolute atomic E-state index is 1.06. The van der Waals surface area contributed by atoms with Gasteiger partial charge in [0, 0.05) is 4.92 Å². The lowest BCUT2D eigenvalue weighted by Crippen LogP contribution is -2.42. The molecule has 0 saturated carbocycles. The minimum Gasteiger partial charge on any atom is -0.351 e. The Morgan fingerprint density at radius 2 is 2.09 bits per heavy atom. The molecule has 0 aromatic rings. The van der Waals surface area contributed by atoms with Crippen molar-refractivity contribution in [3.05, 3.63) is 10.1 Å². The summed E-state index contributed by atoms with van der Waals surface area (Å²) in [5.41, 5.74) is 2.50. The van der Waals surface area contributed by atoms with E-state index in [2.05, 4.69) is 5.73 Å². The number of nitrogens with zero attached hydrogens (tertiary/aromatic N) is 1. The first-order valence-corrected chi connectivity index (χ1v) is 2.76. The van der Waals surface area contributed by atoms with Gasteiger partial charge in [-0.15, -0.1) is 0 Å². The van der Waals surface area contributed by atoms with Crippen molar-refractivity contribution in [3.63, 3.8) is 0 Å². The van der Waals surface area contributed by atoms with E-state index in [1.165, 1.54) is 5.32 Å². The van der Waals surface area contributed by atoms with Crippen molar-refractivity contribution in [2.45, 2.75) is 5.50 Å². The van der Waals surface area contributed by atoms with Gasteiger partial charge in [0.05, 0.1) is 0 Å². The van der Waals surface area contributed by atoms with Gasteiger partial charge in [-0.3, -0.25) is 20.2 Å². The number of hydrogen-bond acceptors (Lipinski definition) is 4. The van der Waals surface area contributed by atoms with E-state index in [1.807, 2.05) is 0 Å². The zero-order valence-corrected chi connectivity index (χ0v) is 5.87. The molecule has 0 aliphatic carbocycles. The van der Waals surface area contributed by atoms with Gasteiger partial charge in [0.25, 0.3) is 0 Å². The summed E-state index contributed by atoms with van der Waals surface area (Å²) in [5, 5.41) is 11.2. The molecular weight excluding hydrogens is 178 g/mol. The summed E-state index contributed by atoms with van der Waals surface area (Å²) in [5.74, 6) is -1.25. The highest BCUT2D eigenvalue weighted by molar-refractivity contribution is 6.30. The second-order valence-corrected chi connectivity index (χ2v) is 1.89. The highest BCUT2D eigenvalue weighted by Gasteiger charge is 2.27. The zero-order chi connectivity index (χ0) is 9.02. The minimum atomic E-state index is -1.98. The zero-order valence-electron chi connectivity index (χ0n) is 5.11. The van der Waals surface area contributed by atoms with Gasteiger partial charge < -0.3 is 5.73 Å². The molecule has 1 atom stereocenters. The van der Waals surface area contributed by atoms with E-state index in [1.54, 1.807) is 0 Å². The number of nitro groups is 1. The lowest BCUT2D eigenvalue weighted by Gasteiger charge is -1.99. The first-order chi connectivity index (χ1) is 4.95. The van der Waals surface area contributed by atoms with Crippen molar-refractivity contribution in [3.8, 4) is 0 Å². The number of urea groups is 1. The maximum absolute atomic E-state index is 10.4. The fourth-order valence-electron chi connectivity index (χ4n) is 0.277. The summed E-state index contributed by atoms with van der Waals surface area (Å²) < 4.78 is 0. The molecule has 0 aromatic carbocycles. The van der Waals surface area contributed by atoms with Crippen LogP contribution in [0, 0.1) is 10.1 Å². The molecule has 0 fully saturated rings. The maximum Gasteiger partial charge on any atom is 0.363 e. The average Bonchev–Trinajstić information content (AvgIpc) is 1.84. The molecule has 8 heteroatoms. The highest BCUT2D eigenvalue weighted by atomic mass is 35.5. The van der Waals surface area contributed by atoms with Crippen molar-refractivity contribution in [1.82, 2.24) is 5.32 Å². The van der Waals surface area contributed by atoms with Gasteiger partial charge in [0.15, 0.2) is 0 Å². The van der Waals surface area contributed by atoms with E-state index >= 15 is 0 Å². The summed E-state index contributed by atoms with van der Waals surface area (Å²) in [6.07, 6.45) is 0. The molecule has 0 radical (unpaired) electrons. The number of carbonyl (C=O) groups excluding carboxylic acids is 2. The van der Waals surface area contributed by atoms with Crippen LogP contribution in [0.4, 0.5) is 4.79 Å². The lowest BCUT2D eigenvalue weighted by atomic mass is 10.6. The van der Waals surface area contributed by atoms with Crippen LogP contribution >= 0.6 is 11.6 Å². The Hall–Kier alpha value is -1.37. The molecule has 0 bridgehead atoms. The molecule has 62 valence electrons. The molecule has 0 saturated heterocycles. The largest absolute Gasteiger partial charge is 0.363 e. The molecule has 11 heavy (non-hydrogen) atoms. The number of hydrogen-bond donors (Lipinski definition) is 2. The number of primary amides is 1. The van der Waals surface area contributed by atoms with Gasteiger partial charge in [-0.25, -0.2) is 4.79 Å². The second kappa shape index (κ2) is 3.71. The van der Waals surface area contributed by atoms with Crippen LogP contribution in [-0.2, 0) is 4.79 Å². The van der Waals surface area contributed by atoms with Gasteiger partial charge in [0.1, 0.15) is 0 Å². The van der Waals surface area contributed by atoms with Crippen molar-refractivity contribution in [1.29, 1.82) is 0 Å². The third-order valence-corrected chi connectivity index (χ3v) is 1.01. The van der Waals surface area contributed by atoms with Gasteiger partial charge in [-0.2, -0.15) is 0 Å². The number of amides is 3. The first kappa shape index (κ1) is 9.63. The molecule has 3 N–H and O–H groups in total. The van der Waals surface area contributed by atoms with Crippen LogP contribution in [0.1, 0.15) is 0 Å². The van der Waals surface area contributed by atoms with Gasteiger partial charge in [-0.05, 0) is 11.6 Å². The molecule has 7 nitrogen and oxygen atoms in total. The Kier molecular flexibility index (Phi) is 3.25. The second-order valence-electron chi connectivity index (χ2n) is 1.47. The third-order valence-electron chi connectivity index (χ3n) is 0.648. The van der Waals surface area contributed by atoms with Crippen LogP contribution in [0.15, 0.2) is 0 Å². The number of alkyl halides is 1. The summed E-state index contributed by atoms with van der Waals surface area (Å²) in [6, 6.07) is -1.18. The Morgan fingerprint density at radius 1 is 1.64 bits per heavy atom. The standard InChI is InChI=1S/C3H4ClN3O4/c4-1(7(10)11)2(8)6-3(5)9/h1H,(H3,5,6,8,9). The molecule has 0 aliphatic rings. The quantitative estimate of drug-likeness (QED) is 0.247. The van der Waals surface area contributed by atoms with Crippen molar-refractivity contribution in [2.75, 3.05) is 0 Å². The van der Waals surface area contributed by atoms with Crippen LogP contribution in [0.3, 0.4) is 0 Å². The van der Waals surface area contributed by atoms with Gasteiger partial charge >= 0.3 is 17.4 Å². The number of halogens is 1. The Morgan fingerprint density at radius 3 is 2.36 bits per heavy atom. The number of nitrogens with one attached hydrogen (secondary N) is 1. The summed E-state index contributed by atoms with van der Waals surface area (Å²) in [6.45, 7) is 0. The number of carbonyl (C=O) groups is 2. The molecule has 3 amide bonds. The van der Waals surface area contributed by atoms with Gasteiger partial charge in [-0.1, -0.05) is 0 Å². The predicted molar refractivity (Wildman–Crippen MR) is 34.4 cm³/mol. The third kappa shape index (κ3) is 3.36. The first-order valence-electron chi connectivity index (χ1n) is 2.33. The van der Waals surface area contributed by atoms with Crippen LogP contribution < -0.4 is 11.1 Å². The number of rotatable bonds is 2. The van der Waals surface area contributed by atoms with Crippen LogP contribution in [0.5, 0.6) is 0 Å². The summed E-state index contributed by atoms with van der Waals surface area (Å²) in [4.78, 5) is 29.1. The van der Waals surface area contributed by atoms with E-state index in [9.17, 15) is 19.7 Å². The van der Waals surface area contributed by atoms with Crippen molar-refractivity contribution >= 4 is 23.5 Å². The molecule has 0 aliphatic heterocycles. The van der Waals surface area contributed by atoms with E-state index < -0.39 is 22.4 Å². The molecule has 0 rings (SSSR count). The SMILES string of the molecule is NC(=O)NC(=O)C(Cl)[N+](=O)[O-]. The van der Waals surface area contributed by atoms with Crippen molar-refractivity contribution in [2.24, 2.45) is 5.73 Å². The molecule has 1 unspecified atom stereocenters. The lowest BCUT2D eigenvalue weighted by molar-refractivity contribution is -0.484.